The fourth-order valence-electron chi connectivity index (χ4n) is 2.31. The summed E-state index contributed by atoms with van der Waals surface area (Å²) in [4.78, 5) is 12.4. The molecular formula is C16H12FNO. The molecule has 0 aliphatic carbocycles. The Bertz CT molecular complexity index is 773. The molecule has 1 heterocycles. The van der Waals surface area contributed by atoms with Crippen molar-refractivity contribution >= 4 is 16.7 Å². The van der Waals surface area contributed by atoms with Crippen molar-refractivity contribution < 1.29 is 9.18 Å². The van der Waals surface area contributed by atoms with Gasteiger partial charge in [-0.15, -0.1) is 0 Å². The van der Waals surface area contributed by atoms with Gasteiger partial charge in [-0.3, -0.25) is 4.79 Å². The largest absolute Gasteiger partial charge is 0.350 e. The number of carbonyl (C=O) groups is 1. The van der Waals surface area contributed by atoms with Gasteiger partial charge >= 0.3 is 0 Å². The molecule has 0 aliphatic heterocycles. The normalized spacial score (nSPS) is 10.8. The van der Waals surface area contributed by atoms with E-state index < -0.39 is 5.82 Å². The molecule has 1 aromatic heterocycles. The molecule has 0 radical (unpaired) electrons. The monoisotopic (exact) mass is 253 g/mol. The van der Waals surface area contributed by atoms with Crippen LogP contribution in [-0.4, -0.2) is 10.4 Å². The number of fused-ring (bicyclic) bond motifs is 1. The minimum absolute atomic E-state index is 0.156. The van der Waals surface area contributed by atoms with Crippen LogP contribution in [0.2, 0.25) is 0 Å². The number of benzene rings is 2. The number of aromatic nitrogens is 1. The van der Waals surface area contributed by atoms with Crippen molar-refractivity contribution in [1.82, 2.24) is 4.57 Å². The van der Waals surface area contributed by atoms with Gasteiger partial charge in [0.25, 0.3) is 0 Å². The van der Waals surface area contributed by atoms with Gasteiger partial charge in [0.1, 0.15) is 5.82 Å². The van der Waals surface area contributed by atoms with Crippen LogP contribution in [0.25, 0.3) is 10.9 Å². The Labute approximate surface area is 110 Å². The maximum absolute atomic E-state index is 13.2. The molecule has 0 spiro atoms. The smallest absolute Gasteiger partial charge is 0.195 e. The van der Waals surface area contributed by atoms with Crippen molar-refractivity contribution in [2.75, 3.05) is 0 Å². The van der Waals surface area contributed by atoms with Crippen LogP contribution in [0.5, 0.6) is 0 Å². The highest BCUT2D eigenvalue weighted by molar-refractivity contribution is 6.16. The Kier molecular flexibility index (Phi) is 2.67. The first-order valence-corrected chi connectivity index (χ1v) is 6.01. The summed E-state index contributed by atoms with van der Waals surface area (Å²) in [6.07, 6.45) is 1.79. The predicted molar refractivity (Wildman–Crippen MR) is 72.8 cm³/mol. The standard InChI is InChI=1S/C16H12FNO/c1-18-10-14(13-7-2-3-8-15(13)18)16(19)11-5-4-6-12(17)9-11/h2-10H,1H3. The number of hydrogen-bond donors (Lipinski definition) is 0. The summed E-state index contributed by atoms with van der Waals surface area (Å²) in [7, 11) is 1.89. The zero-order valence-corrected chi connectivity index (χ0v) is 10.4. The number of carbonyl (C=O) groups excluding carboxylic acids is 1. The third-order valence-corrected chi connectivity index (χ3v) is 3.23. The molecule has 3 aromatic rings. The molecule has 0 amide bonds. The minimum atomic E-state index is -0.397. The average Bonchev–Trinajstić information content (AvgIpc) is 2.76. The summed E-state index contributed by atoms with van der Waals surface area (Å²) in [5.41, 5.74) is 1.96. The van der Waals surface area contributed by atoms with E-state index in [-0.39, 0.29) is 5.78 Å². The van der Waals surface area contributed by atoms with Crippen molar-refractivity contribution in [2.45, 2.75) is 0 Å². The second-order valence-electron chi connectivity index (χ2n) is 4.51. The van der Waals surface area contributed by atoms with Gasteiger partial charge in [-0.1, -0.05) is 30.3 Å². The second-order valence-corrected chi connectivity index (χ2v) is 4.51. The molecule has 0 unspecified atom stereocenters. The third kappa shape index (κ3) is 1.93. The van der Waals surface area contributed by atoms with Crippen molar-refractivity contribution in [3.8, 4) is 0 Å². The van der Waals surface area contributed by atoms with Crippen LogP contribution in [0.3, 0.4) is 0 Å². The van der Waals surface area contributed by atoms with E-state index in [9.17, 15) is 9.18 Å². The predicted octanol–water partition coefficient (Wildman–Crippen LogP) is 3.55. The lowest BCUT2D eigenvalue weighted by Crippen LogP contribution is -2.00. The van der Waals surface area contributed by atoms with E-state index >= 15 is 0 Å². The molecule has 0 saturated carbocycles. The van der Waals surface area contributed by atoms with E-state index in [0.29, 0.717) is 11.1 Å². The molecule has 0 N–H and O–H groups in total. The highest BCUT2D eigenvalue weighted by Crippen LogP contribution is 2.23. The molecule has 3 rings (SSSR count). The van der Waals surface area contributed by atoms with E-state index in [2.05, 4.69) is 0 Å². The molecule has 0 saturated heterocycles. The van der Waals surface area contributed by atoms with Crippen LogP contribution >= 0.6 is 0 Å². The Morgan fingerprint density at radius 2 is 1.89 bits per heavy atom. The molecule has 0 atom stereocenters. The second kappa shape index (κ2) is 4.35. The van der Waals surface area contributed by atoms with Gasteiger partial charge in [0.2, 0.25) is 0 Å². The molecule has 94 valence electrons. The summed E-state index contributed by atoms with van der Waals surface area (Å²) >= 11 is 0. The van der Waals surface area contributed by atoms with E-state index in [4.69, 9.17) is 0 Å². The maximum Gasteiger partial charge on any atom is 0.195 e. The highest BCUT2D eigenvalue weighted by atomic mass is 19.1. The average molecular weight is 253 g/mol. The lowest BCUT2D eigenvalue weighted by Gasteiger charge is -1.99. The fraction of sp³-hybridized carbons (Fsp3) is 0.0625. The minimum Gasteiger partial charge on any atom is -0.350 e. The van der Waals surface area contributed by atoms with Gasteiger partial charge in [0, 0.05) is 35.3 Å². The lowest BCUT2D eigenvalue weighted by molar-refractivity contribution is 0.103. The Hall–Kier alpha value is -2.42. The quantitative estimate of drug-likeness (QED) is 0.640. The van der Waals surface area contributed by atoms with Crippen LogP contribution < -0.4 is 0 Å². The van der Waals surface area contributed by atoms with E-state index in [1.54, 1.807) is 18.3 Å². The Morgan fingerprint density at radius 1 is 1.11 bits per heavy atom. The maximum atomic E-state index is 13.2. The van der Waals surface area contributed by atoms with Gasteiger partial charge in [-0.25, -0.2) is 4.39 Å². The van der Waals surface area contributed by atoms with Gasteiger partial charge in [-0.05, 0) is 18.2 Å². The van der Waals surface area contributed by atoms with Gasteiger partial charge in [0.15, 0.2) is 5.78 Å². The number of ketones is 1. The molecule has 2 nitrogen and oxygen atoms in total. The molecule has 2 aromatic carbocycles. The summed E-state index contributed by atoms with van der Waals surface area (Å²) in [5.74, 6) is -0.553. The molecule has 3 heteroatoms. The first-order chi connectivity index (χ1) is 9.16. The molecule has 0 fully saturated rings. The van der Waals surface area contributed by atoms with Crippen molar-refractivity contribution in [1.29, 1.82) is 0 Å². The van der Waals surface area contributed by atoms with E-state index in [1.165, 1.54) is 12.1 Å². The van der Waals surface area contributed by atoms with Crippen LogP contribution in [0, 0.1) is 5.82 Å². The van der Waals surface area contributed by atoms with Crippen LogP contribution in [0.15, 0.2) is 54.7 Å². The summed E-state index contributed by atoms with van der Waals surface area (Å²) in [6, 6.07) is 13.5. The summed E-state index contributed by atoms with van der Waals surface area (Å²) in [6.45, 7) is 0. The van der Waals surface area contributed by atoms with Crippen LogP contribution in [0.1, 0.15) is 15.9 Å². The zero-order chi connectivity index (χ0) is 13.4. The number of aryl methyl sites for hydroxylation is 1. The zero-order valence-electron chi connectivity index (χ0n) is 10.4. The van der Waals surface area contributed by atoms with E-state index in [0.717, 1.165) is 10.9 Å². The van der Waals surface area contributed by atoms with Gasteiger partial charge in [-0.2, -0.15) is 0 Å². The third-order valence-electron chi connectivity index (χ3n) is 3.23. The highest BCUT2D eigenvalue weighted by Gasteiger charge is 2.15. The van der Waals surface area contributed by atoms with E-state index in [1.807, 2.05) is 35.9 Å². The van der Waals surface area contributed by atoms with Gasteiger partial charge < -0.3 is 4.57 Å². The van der Waals surface area contributed by atoms with Crippen LogP contribution in [-0.2, 0) is 7.05 Å². The topological polar surface area (TPSA) is 22.0 Å². The Balaban J connectivity index is 2.17. The van der Waals surface area contributed by atoms with Crippen molar-refractivity contribution in [2.24, 2.45) is 7.05 Å². The lowest BCUT2D eigenvalue weighted by atomic mass is 10.0. The summed E-state index contributed by atoms with van der Waals surface area (Å²) in [5, 5.41) is 0.888. The number of halogens is 1. The summed E-state index contributed by atoms with van der Waals surface area (Å²) < 4.78 is 15.1. The molecule has 0 bridgehead atoms. The Morgan fingerprint density at radius 3 is 2.68 bits per heavy atom. The number of hydrogen-bond acceptors (Lipinski definition) is 1. The fourth-order valence-corrected chi connectivity index (χ4v) is 2.31. The molecular weight excluding hydrogens is 241 g/mol. The number of nitrogens with zero attached hydrogens (tertiary/aromatic N) is 1. The number of para-hydroxylation sites is 1. The first-order valence-electron chi connectivity index (χ1n) is 6.01. The number of rotatable bonds is 2. The van der Waals surface area contributed by atoms with Crippen LogP contribution in [0.4, 0.5) is 4.39 Å². The first kappa shape index (κ1) is 11.7. The molecule has 0 aliphatic rings. The van der Waals surface area contributed by atoms with Crippen molar-refractivity contribution in [3.05, 3.63) is 71.7 Å². The van der Waals surface area contributed by atoms with Crippen molar-refractivity contribution in [3.63, 3.8) is 0 Å². The SMILES string of the molecule is Cn1cc(C(=O)c2cccc(F)c2)c2ccccc21. The van der Waals surface area contributed by atoms with Gasteiger partial charge in [0.05, 0.1) is 0 Å². The molecule has 19 heavy (non-hydrogen) atoms.